The van der Waals surface area contributed by atoms with Crippen molar-refractivity contribution in [3.05, 3.63) is 125 Å². The van der Waals surface area contributed by atoms with E-state index in [1.165, 1.54) is 18.9 Å². The summed E-state index contributed by atoms with van der Waals surface area (Å²) in [5.74, 6) is -0.523. The van der Waals surface area contributed by atoms with Gasteiger partial charge in [-0.15, -0.1) is 11.8 Å². The van der Waals surface area contributed by atoms with Gasteiger partial charge in [0.05, 0.1) is 12.4 Å². The van der Waals surface area contributed by atoms with Crippen LogP contribution in [0.4, 0.5) is 11.4 Å². The van der Waals surface area contributed by atoms with Gasteiger partial charge in [0, 0.05) is 32.4 Å². The molecule has 1 unspecified atom stereocenters. The van der Waals surface area contributed by atoms with Crippen molar-refractivity contribution in [2.45, 2.75) is 17.1 Å². The molecule has 0 aliphatic heterocycles. The Morgan fingerprint density at radius 2 is 1.54 bits per heavy atom. The van der Waals surface area contributed by atoms with Crippen LogP contribution < -0.4 is 20.7 Å². The van der Waals surface area contributed by atoms with Gasteiger partial charge in [-0.05, 0) is 73.7 Å². The molecule has 0 saturated heterocycles. The third-order valence-electron chi connectivity index (χ3n) is 5.85. The van der Waals surface area contributed by atoms with Crippen molar-refractivity contribution in [3.63, 3.8) is 0 Å². The van der Waals surface area contributed by atoms with E-state index in [1.54, 1.807) is 78.9 Å². The molecular weight excluding hydrogens is 558 g/mol. The Balaban J connectivity index is 1.45. The number of benzene rings is 4. The second kappa shape index (κ2) is 14.2. The molecule has 0 aliphatic carbocycles. The van der Waals surface area contributed by atoms with Crippen LogP contribution in [-0.4, -0.2) is 30.1 Å². The summed E-state index contributed by atoms with van der Waals surface area (Å²) in [5, 5.41) is 8.58. The highest BCUT2D eigenvalue weighted by Gasteiger charge is 2.17. The van der Waals surface area contributed by atoms with Crippen LogP contribution in [0, 0.1) is 0 Å². The number of para-hydroxylation sites is 1. The fourth-order valence-electron chi connectivity index (χ4n) is 3.77. The molecule has 0 saturated carbocycles. The zero-order valence-electron chi connectivity index (χ0n) is 22.4. The summed E-state index contributed by atoms with van der Waals surface area (Å²) in [4.78, 5) is 39.7. The van der Waals surface area contributed by atoms with Gasteiger partial charge in [0.25, 0.3) is 11.8 Å². The minimum absolute atomic E-state index is 0.0492. The van der Waals surface area contributed by atoms with Gasteiger partial charge >= 0.3 is 0 Å². The SMILES string of the molecule is COc1ccccc1/C=C(\NC(=O)c1ccccc1)C(=O)Nc1ccc(SC(C)C(=O)Nc2cccc(Cl)c2)cc1. The van der Waals surface area contributed by atoms with Crippen molar-refractivity contribution >= 4 is 58.5 Å². The van der Waals surface area contributed by atoms with E-state index in [9.17, 15) is 14.4 Å². The number of amides is 3. The molecule has 0 spiro atoms. The summed E-state index contributed by atoms with van der Waals surface area (Å²) < 4.78 is 5.41. The molecule has 0 heterocycles. The number of hydrogen-bond donors (Lipinski definition) is 3. The smallest absolute Gasteiger partial charge is 0.272 e. The van der Waals surface area contributed by atoms with Gasteiger partial charge in [-0.1, -0.05) is 54.1 Å². The van der Waals surface area contributed by atoms with Gasteiger partial charge in [-0.2, -0.15) is 0 Å². The van der Waals surface area contributed by atoms with Crippen LogP contribution in [-0.2, 0) is 9.59 Å². The third-order valence-corrected chi connectivity index (χ3v) is 7.20. The number of anilines is 2. The highest BCUT2D eigenvalue weighted by Crippen LogP contribution is 2.27. The van der Waals surface area contributed by atoms with Gasteiger partial charge in [-0.25, -0.2) is 0 Å². The van der Waals surface area contributed by atoms with Crippen molar-refractivity contribution < 1.29 is 19.1 Å². The number of rotatable bonds is 10. The van der Waals surface area contributed by atoms with Gasteiger partial charge < -0.3 is 20.7 Å². The van der Waals surface area contributed by atoms with E-state index in [0.717, 1.165) is 4.90 Å². The average molecular weight is 586 g/mol. The van der Waals surface area contributed by atoms with E-state index in [0.29, 0.717) is 33.3 Å². The Labute approximate surface area is 248 Å². The molecule has 4 aromatic rings. The van der Waals surface area contributed by atoms with E-state index in [-0.39, 0.29) is 16.9 Å². The highest BCUT2D eigenvalue weighted by molar-refractivity contribution is 8.00. The molecule has 0 aromatic heterocycles. The van der Waals surface area contributed by atoms with E-state index in [4.69, 9.17) is 16.3 Å². The molecule has 0 radical (unpaired) electrons. The monoisotopic (exact) mass is 585 g/mol. The van der Waals surface area contributed by atoms with Crippen molar-refractivity contribution in [2.24, 2.45) is 0 Å². The molecule has 9 heteroatoms. The number of carbonyl (C=O) groups excluding carboxylic acids is 3. The number of carbonyl (C=O) groups is 3. The fraction of sp³-hybridized carbons (Fsp3) is 0.0938. The lowest BCUT2D eigenvalue weighted by molar-refractivity contribution is -0.115. The molecule has 7 nitrogen and oxygen atoms in total. The Morgan fingerprint density at radius 3 is 2.24 bits per heavy atom. The second-order valence-electron chi connectivity index (χ2n) is 8.86. The minimum atomic E-state index is -0.505. The fourth-order valence-corrected chi connectivity index (χ4v) is 4.82. The van der Waals surface area contributed by atoms with E-state index < -0.39 is 11.8 Å². The van der Waals surface area contributed by atoms with Gasteiger partial charge in [0.15, 0.2) is 0 Å². The quantitative estimate of drug-likeness (QED) is 0.139. The molecule has 208 valence electrons. The molecule has 3 N–H and O–H groups in total. The molecule has 0 aliphatic rings. The summed E-state index contributed by atoms with van der Waals surface area (Å²) in [6, 6.07) is 29.9. The zero-order valence-corrected chi connectivity index (χ0v) is 24.0. The van der Waals surface area contributed by atoms with Crippen molar-refractivity contribution in [3.8, 4) is 5.75 Å². The summed E-state index contributed by atoms with van der Waals surface area (Å²) in [6.45, 7) is 1.81. The van der Waals surface area contributed by atoms with Crippen molar-refractivity contribution in [1.29, 1.82) is 0 Å². The Bertz CT molecular complexity index is 1560. The van der Waals surface area contributed by atoms with Crippen LogP contribution in [0.2, 0.25) is 5.02 Å². The molecule has 0 bridgehead atoms. The lowest BCUT2D eigenvalue weighted by Crippen LogP contribution is -2.30. The van der Waals surface area contributed by atoms with Crippen LogP contribution in [0.1, 0.15) is 22.8 Å². The predicted molar refractivity (Wildman–Crippen MR) is 165 cm³/mol. The minimum Gasteiger partial charge on any atom is -0.496 e. The Hall–Kier alpha value is -4.53. The zero-order chi connectivity index (χ0) is 29.2. The number of nitrogens with one attached hydrogen (secondary N) is 3. The number of thioether (sulfide) groups is 1. The first-order chi connectivity index (χ1) is 19.8. The summed E-state index contributed by atoms with van der Waals surface area (Å²) >= 11 is 7.38. The lowest BCUT2D eigenvalue weighted by atomic mass is 10.1. The molecule has 4 aromatic carbocycles. The molecule has 4 rings (SSSR count). The van der Waals surface area contributed by atoms with Gasteiger partial charge in [0.2, 0.25) is 5.91 Å². The normalized spacial score (nSPS) is 11.7. The summed E-state index contributed by atoms with van der Waals surface area (Å²) in [5.41, 5.74) is 2.25. The maximum Gasteiger partial charge on any atom is 0.272 e. The lowest BCUT2D eigenvalue weighted by Gasteiger charge is -2.14. The maximum atomic E-state index is 13.3. The standard InChI is InChI=1S/C32H28ClN3O4S/c1-21(30(37)35-26-13-8-12-24(33)20-26)41-27-17-15-25(16-18-27)34-32(39)28(19-23-11-6-7-14-29(23)40-2)36-31(38)22-9-4-3-5-10-22/h3-21H,1-2H3,(H,34,39)(H,35,37)(H,36,38)/b28-19-. The van der Waals surface area contributed by atoms with E-state index in [2.05, 4.69) is 16.0 Å². The molecule has 3 amide bonds. The largest absolute Gasteiger partial charge is 0.496 e. The van der Waals surface area contributed by atoms with E-state index in [1.807, 2.05) is 37.3 Å². The topological polar surface area (TPSA) is 96.5 Å². The Morgan fingerprint density at radius 1 is 0.829 bits per heavy atom. The molecular formula is C32H28ClN3O4S. The third kappa shape index (κ3) is 8.48. The number of halogens is 1. The second-order valence-corrected chi connectivity index (χ2v) is 10.7. The average Bonchev–Trinajstić information content (AvgIpc) is 2.98. The molecule has 41 heavy (non-hydrogen) atoms. The first kappa shape index (κ1) is 29.5. The number of methoxy groups -OCH3 is 1. The highest BCUT2D eigenvalue weighted by atomic mass is 35.5. The first-order valence-electron chi connectivity index (χ1n) is 12.7. The Kier molecular flexibility index (Phi) is 10.2. The first-order valence-corrected chi connectivity index (χ1v) is 13.9. The van der Waals surface area contributed by atoms with Crippen molar-refractivity contribution in [2.75, 3.05) is 17.7 Å². The maximum absolute atomic E-state index is 13.3. The number of hydrogen-bond acceptors (Lipinski definition) is 5. The summed E-state index contributed by atoms with van der Waals surface area (Å²) in [7, 11) is 1.54. The van der Waals surface area contributed by atoms with Gasteiger partial charge in [0.1, 0.15) is 11.4 Å². The van der Waals surface area contributed by atoms with Gasteiger partial charge in [-0.3, -0.25) is 14.4 Å². The van der Waals surface area contributed by atoms with Crippen LogP contribution >= 0.6 is 23.4 Å². The van der Waals surface area contributed by atoms with Crippen molar-refractivity contribution in [1.82, 2.24) is 5.32 Å². The van der Waals surface area contributed by atoms with Crippen LogP contribution in [0.3, 0.4) is 0 Å². The molecule has 0 fully saturated rings. The van der Waals surface area contributed by atoms with Crippen LogP contribution in [0.15, 0.2) is 114 Å². The summed E-state index contributed by atoms with van der Waals surface area (Å²) in [6.07, 6.45) is 1.57. The van der Waals surface area contributed by atoms with Crippen LogP contribution in [0.5, 0.6) is 5.75 Å². The predicted octanol–water partition coefficient (Wildman–Crippen LogP) is 6.88. The molecule has 1 atom stereocenters. The number of ether oxygens (including phenoxy) is 1. The van der Waals surface area contributed by atoms with Crippen LogP contribution in [0.25, 0.3) is 6.08 Å². The van der Waals surface area contributed by atoms with E-state index >= 15 is 0 Å².